The number of anilines is 1. The molecule has 0 unspecified atom stereocenters. The summed E-state index contributed by atoms with van der Waals surface area (Å²) >= 11 is 1.46. The lowest BCUT2D eigenvalue weighted by atomic mass is 10.1. The normalized spacial score (nSPS) is 10.9. The Balaban J connectivity index is 1.71. The van der Waals surface area contributed by atoms with Crippen LogP contribution in [0.2, 0.25) is 0 Å². The summed E-state index contributed by atoms with van der Waals surface area (Å²) in [6.45, 7) is 1.85. The van der Waals surface area contributed by atoms with Crippen molar-refractivity contribution in [1.82, 2.24) is 9.55 Å². The van der Waals surface area contributed by atoms with Gasteiger partial charge in [-0.25, -0.2) is 9.78 Å². The van der Waals surface area contributed by atoms with Crippen LogP contribution in [-0.2, 0) is 0 Å². The highest BCUT2D eigenvalue weighted by Gasteiger charge is 2.18. The molecule has 1 N–H and O–H groups in total. The maximum atomic E-state index is 12.9. The number of benzene rings is 2. The molecule has 28 heavy (non-hydrogen) atoms. The van der Waals surface area contributed by atoms with Crippen LogP contribution in [0.3, 0.4) is 0 Å². The minimum atomic E-state index is -0.416. The molecular weight excluding hydrogens is 374 g/mol. The van der Waals surface area contributed by atoms with Crippen LogP contribution < -0.4 is 10.9 Å². The Morgan fingerprint density at radius 2 is 1.93 bits per heavy atom. The fourth-order valence-electron chi connectivity index (χ4n) is 3.06. The fraction of sp³-hybridized carbons (Fsp3) is 0.0952. The van der Waals surface area contributed by atoms with Crippen molar-refractivity contribution in [2.24, 2.45) is 0 Å². The zero-order chi connectivity index (χ0) is 19.7. The topological polar surface area (TPSA) is 77.1 Å². The summed E-state index contributed by atoms with van der Waals surface area (Å²) in [7, 11) is 0. The highest BCUT2D eigenvalue weighted by Crippen LogP contribution is 2.24. The Hall–Kier alpha value is -3.32. The van der Waals surface area contributed by atoms with E-state index in [0.29, 0.717) is 17.0 Å². The van der Waals surface area contributed by atoms with E-state index in [2.05, 4.69) is 10.3 Å². The van der Waals surface area contributed by atoms with Gasteiger partial charge in [0.05, 0.1) is 6.20 Å². The van der Waals surface area contributed by atoms with E-state index in [9.17, 15) is 9.59 Å². The van der Waals surface area contributed by atoms with Crippen molar-refractivity contribution in [3.05, 3.63) is 82.5 Å². The molecule has 1 amide bonds. The van der Waals surface area contributed by atoms with Gasteiger partial charge in [0.2, 0.25) is 0 Å². The molecule has 0 saturated heterocycles. The monoisotopic (exact) mass is 391 g/mol. The molecule has 140 valence electrons. The van der Waals surface area contributed by atoms with Crippen molar-refractivity contribution in [3.8, 4) is 5.69 Å². The van der Waals surface area contributed by atoms with Crippen molar-refractivity contribution in [2.45, 2.75) is 12.1 Å². The maximum absolute atomic E-state index is 12.9. The predicted molar refractivity (Wildman–Crippen MR) is 111 cm³/mol. The Bertz CT molecular complexity index is 1230. The summed E-state index contributed by atoms with van der Waals surface area (Å²) in [4.78, 5) is 28.9. The van der Waals surface area contributed by atoms with E-state index in [-0.39, 0.29) is 5.91 Å². The molecule has 2 aromatic heterocycles. The van der Waals surface area contributed by atoms with Crippen molar-refractivity contribution >= 4 is 34.3 Å². The quantitative estimate of drug-likeness (QED) is 0.415. The van der Waals surface area contributed by atoms with Gasteiger partial charge in [-0.15, -0.1) is 0 Å². The highest BCUT2D eigenvalue weighted by atomic mass is 32.2. The largest absolute Gasteiger partial charge is 0.423 e. The zero-order valence-electron chi connectivity index (χ0n) is 15.3. The average Bonchev–Trinajstić information content (AvgIpc) is 3.12. The van der Waals surface area contributed by atoms with E-state index >= 15 is 0 Å². The number of aromatic nitrogens is 2. The van der Waals surface area contributed by atoms with Crippen molar-refractivity contribution < 1.29 is 9.21 Å². The van der Waals surface area contributed by atoms with E-state index in [1.54, 1.807) is 18.3 Å². The first-order chi connectivity index (χ1) is 13.6. The van der Waals surface area contributed by atoms with Gasteiger partial charge in [-0.3, -0.25) is 9.36 Å². The molecule has 0 aliphatic heterocycles. The number of rotatable bonds is 4. The Labute approximate surface area is 165 Å². The highest BCUT2D eigenvalue weighted by molar-refractivity contribution is 7.98. The Morgan fingerprint density at radius 1 is 1.14 bits per heavy atom. The average molecular weight is 391 g/mol. The van der Waals surface area contributed by atoms with E-state index < -0.39 is 5.63 Å². The van der Waals surface area contributed by atoms with Gasteiger partial charge in [-0.05, 0) is 43.0 Å². The molecule has 0 aliphatic rings. The lowest BCUT2D eigenvalue weighted by Gasteiger charge is -2.11. The number of thioether (sulfide) groups is 1. The minimum Gasteiger partial charge on any atom is -0.423 e. The number of carbonyl (C=O) groups excluding carboxylic acids is 1. The number of nitrogens with one attached hydrogen (secondary N) is 1. The second kappa shape index (κ2) is 7.36. The summed E-state index contributed by atoms with van der Waals surface area (Å²) in [6.07, 6.45) is 3.47. The summed E-state index contributed by atoms with van der Waals surface area (Å²) in [5, 5.41) is 4.41. The maximum Gasteiger partial charge on any atom is 0.336 e. The minimum absolute atomic E-state index is 0.300. The van der Waals surface area contributed by atoms with Crippen LogP contribution in [0.1, 0.15) is 16.1 Å². The van der Waals surface area contributed by atoms with E-state index in [0.717, 1.165) is 21.8 Å². The smallest absolute Gasteiger partial charge is 0.336 e. The van der Waals surface area contributed by atoms with Gasteiger partial charge < -0.3 is 9.73 Å². The number of carbonyl (C=O) groups is 1. The number of aryl methyl sites for hydroxylation is 1. The number of hydrogen-bond donors (Lipinski definition) is 1. The van der Waals surface area contributed by atoms with Crippen LogP contribution >= 0.6 is 11.8 Å². The molecule has 0 fully saturated rings. The van der Waals surface area contributed by atoms with Gasteiger partial charge in [0.25, 0.3) is 5.91 Å². The molecular formula is C21H17N3O3S. The van der Waals surface area contributed by atoms with Crippen LogP contribution in [-0.4, -0.2) is 21.7 Å². The van der Waals surface area contributed by atoms with Gasteiger partial charge in [0, 0.05) is 28.9 Å². The molecule has 7 heteroatoms. The summed E-state index contributed by atoms with van der Waals surface area (Å²) in [6, 6.07) is 16.3. The molecule has 0 aliphatic carbocycles. The molecule has 0 bridgehead atoms. The lowest BCUT2D eigenvalue weighted by molar-refractivity contribution is 0.102. The number of para-hydroxylation sites is 1. The predicted octanol–water partition coefficient (Wildman–Crippen LogP) is 4.26. The lowest BCUT2D eigenvalue weighted by Crippen LogP contribution is -2.16. The van der Waals surface area contributed by atoms with Crippen LogP contribution in [0.15, 0.2) is 75.2 Å². The number of fused-ring (bicyclic) bond motifs is 1. The number of imidazole rings is 1. The first kappa shape index (κ1) is 18.1. The number of hydrogen-bond acceptors (Lipinski definition) is 5. The van der Waals surface area contributed by atoms with E-state index in [4.69, 9.17) is 4.42 Å². The molecule has 0 saturated carbocycles. The van der Waals surface area contributed by atoms with Crippen LogP contribution in [0.4, 0.5) is 5.69 Å². The van der Waals surface area contributed by atoms with Crippen molar-refractivity contribution in [1.29, 1.82) is 0 Å². The zero-order valence-corrected chi connectivity index (χ0v) is 16.1. The molecule has 6 nitrogen and oxygen atoms in total. The van der Waals surface area contributed by atoms with Crippen LogP contribution in [0.25, 0.3) is 16.7 Å². The molecule has 0 spiro atoms. The third-order valence-corrected chi connectivity index (χ3v) is 5.02. The number of amides is 1. The molecule has 0 atom stereocenters. The van der Waals surface area contributed by atoms with E-state index in [1.807, 2.05) is 54.1 Å². The SMILES string of the molecule is CSc1ncc(C(=O)Nc2ccc3c(C)cc(=O)oc3c2)n1-c1ccccc1. The van der Waals surface area contributed by atoms with Crippen LogP contribution in [0.5, 0.6) is 0 Å². The van der Waals surface area contributed by atoms with Gasteiger partial charge in [-0.2, -0.15) is 0 Å². The van der Waals surface area contributed by atoms with Gasteiger partial charge in [0.1, 0.15) is 11.3 Å². The second-order valence-corrected chi connectivity index (χ2v) is 6.99. The standard InChI is InChI=1S/C21H17N3O3S/c1-13-10-19(25)27-18-11-14(8-9-16(13)18)23-20(26)17-12-22-21(28-2)24(17)15-6-4-3-5-7-15/h3-12H,1-2H3,(H,23,26). The number of nitrogens with zero attached hydrogens (tertiary/aromatic N) is 2. The molecule has 2 heterocycles. The fourth-order valence-corrected chi connectivity index (χ4v) is 3.61. The van der Waals surface area contributed by atoms with Crippen molar-refractivity contribution in [3.63, 3.8) is 0 Å². The summed E-state index contributed by atoms with van der Waals surface area (Å²) in [5.74, 6) is -0.300. The molecule has 0 radical (unpaired) electrons. The first-order valence-corrected chi connectivity index (χ1v) is 9.82. The van der Waals surface area contributed by atoms with Gasteiger partial charge in [-0.1, -0.05) is 30.0 Å². The van der Waals surface area contributed by atoms with Crippen LogP contribution in [0, 0.1) is 6.92 Å². The molecule has 2 aromatic carbocycles. The van der Waals surface area contributed by atoms with Gasteiger partial charge in [0.15, 0.2) is 5.16 Å². The first-order valence-electron chi connectivity index (χ1n) is 8.60. The molecule has 4 aromatic rings. The van der Waals surface area contributed by atoms with Crippen molar-refractivity contribution in [2.75, 3.05) is 11.6 Å². The summed E-state index contributed by atoms with van der Waals surface area (Å²) in [5.41, 5.74) is 2.66. The third kappa shape index (κ3) is 3.32. The summed E-state index contributed by atoms with van der Waals surface area (Å²) < 4.78 is 7.07. The Morgan fingerprint density at radius 3 is 2.68 bits per heavy atom. The van der Waals surface area contributed by atoms with E-state index in [1.165, 1.54) is 17.8 Å². The third-order valence-electron chi connectivity index (χ3n) is 4.37. The second-order valence-electron chi connectivity index (χ2n) is 6.21. The van der Waals surface area contributed by atoms with Gasteiger partial charge >= 0.3 is 5.63 Å². The Kier molecular flexibility index (Phi) is 4.75. The molecule has 4 rings (SSSR count).